The number of piperazine rings is 1. The fourth-order valence-corrected chi connectivity index (χ4v) is 2.15. The number of nitrogens with zero attached hydrogens (tertiary/aromatic N) is 1. The number of aromatic hydroxyl groups is 1. The van der Waals surface area contributed by atoms with Crippen molar-refractivity contribution in [3.8, 4) is 5.75 Å². The van der Waals surface area contributed by atoms with Crippen molar-refractivity contribution < 1.29 is 9.90 Å². The quantitative estimate of drug-likeness (QED) is 0.697. The Bertz CT molecular complexity index is 400. The molecule has 0 unspecified atom stereocenters. The zero-order valence-electron chi connectivity index (χ0n) is 11.1. The highest BCUT2D eigenvalue weighted by Gasteiger charge is 2.09. The summed E-state index contributed by atoms with van der Waals surface area (Å²) in [5.41, 5.74) is 0.914. The van der Waals surface area contributed by atoms with E-state index in [1.54, 1.807) is 24.3 Å². The third kappa shape index (κ3) is 4.89. The van der Waals surface area contributed by atoms with Gasteiger partial charge in [-0.1, -0.05) is 12.1 Å². The van der Waals surface area contributed by atoms with Crippen LogP contribution in [-0.4, -0.2) is 55.2 Å². The summed E-state index contributed by atoms with van der Waals surface area (Å²) >= 11 is 0. The number of benzene rings is 1. The van der Waals surface area contributed by atoms with Gasteiger partial charge in [0, 0.05) is 39.3 Å². The maximum atomic E-state index is 11.7. The summed E-state index contributed by atoms with van der Waals surface area (Å²) < 4.78 is 0. The average molecular weight is 263 g/mol. The summed E-state index contributed by atoms with van der Waals surface area (Å²) in [6.45, 7) is 5.75. The molecule has 0 aromatic heterocycles. The molecule has 1 saturated heterocycles. The lowest BCUT2D eigenvalue weighted by Gasteiger charge is -2.27. The molecule has 0 radical (unpaired) electrons. The minimum atomic E-state index is 0.0285. The van der Waals surface area contributed by atoms with Crippen LogP contribution < -0.4 is 10.6 Å². The van der Waals surface area contributed by atoms with Crippen LogP contribution in [0.3, 0.4) is 0 Å². The Hall–Kier alpha value is -1.59. The number of hydrogen-bond acceptors (Lipinski definition) is 4. The number of carbonyl (C=O) groups is 1. The Morgan fingerprint density at radius 1 is 1.26 bits per heavy atom. The van der Waals surface area contributed by atoms with E-state index < -0.39 is 0 Å². The molecule has 1 aliphatic rings. The second kappa shape index (κ2) is 7.11. The third-order valence-corrected chi connectivity index (χ3v) is 3.26. The van der Waals surface area contributed by atoms with Gasteiger partial charge in [0.1, 0.15) is 5.75 Å². The predicted molar refractivity (Wildman–Crippen MR) is 74.1 cm³/mol. The van der Waals surface area contributed by atoms with Crippen LogP contribution in [0.5, 0.6) is 5.75 Å². The Balaban J connectivity index is 1.65. The molecule has 5 nitrogen and oxygen atoms in total. The van der Waals surface area contributed by atoms with E-state index in [1.807, 2.05) is 0 Å². The number of phenolic OH excluding ortho intramolecular Hbond substituents is 1. The summed E-state index contributed by atoms with van der Waals surface area (Å²) in [5, 5.41) is 15.4. The van der Waals surface area contributed by atoms with Gasteiger partial charge in [0.2, 0.25) is 5.91 Å². The van der Waals surface area contributed by atoms with E-state index >= 15 is 0 Å². The van der Waals surface area contributed by atoms with Gasteiger partial charge in [-0.2, -0.15) is 0 Å². The molecule has 2 rings (SSSR count). The van der Waals surface area contributed by atoms with Crippen LogP contribution in [0.15, 0.2) is 24.3 Å². The van der Waals surface area contributed by atoms with Crippen LogP contribution in [-0.2, 0) is 11.2 Å². The van der Waals surface area contributed by atoms with Gasteiger partial charge in [0.15, 0.2) is 0 Å². The molecule has 104 valence electrons. The van der Waals surface area contributed by atoms with Gasteiger partial charge in [-0.15, -0.1) is 0 Å². The zero-order chi connectivity index (χ0) is 13.5. The van der Waals surface area contributed by atoms with E-state index in [4.69, 9.17) is 5.11 Å². The van der Waals surface area contributed by atoms with Crippen molar-refractivity contribution >= 4 is 5.91 Å². The number of carbonyl (C=O) groups excluding carboxylic acids is 1. The van der Waals surface area contributed by atoms with Gasteiger partial charge in [-0.25, -0.2) is 0 Å². The Morgan fingerprint density at radius 3 is 2.63 bits per heavy atom. The predicted octanol–water partition coefficient (Wildman–Crippen LogP) is -0.0439. The zero-order valence-corrected chi connectivity index (χ0v) is 11.1. The first-order valence-corrected chi connectivity index (χ1v) is 6.72. The van der Waals surface area contributed by atoms with Gasteiger partial charge >= 0.3 is 0 Å². The van der Waals surface area contributed by atoms with E-state index in [1.165, 1.54) is 0 Å². The second-order valence-electron chi connectivity index (χ2n) is 4.78. The molecule has 0 bridgehead atoms. The van der Waals surface area contributed by atoms with Gasteiger partial charge in [0.05, 0.1) is 6.42 Å². The summed E-state index contributed by atoms with van der Waals surface area (Å²) in [4.78, 5) is 14.1. The summed E-state index contributed by atoms with van der Waals surface area (Å²) in [6.07, 6.45) is 0.363. The van der Waals surface area contributed by atoms with E-state index in [0.29, 0.717) is 13.0 Å². The highest BCUT2D eigenvalue weighted by molar-refractivity contribution is 5.78. The first-order valence-electron chi connectivity index (χ1n) is 6.72. The third-order valence-electron chi connectivity index (χ3n) is 3.26. The first-order chi connectivity index (χ1) is 9.24. The van der Waals surface area contributed by atoms with Gasteiger partial charge in [-0.05, 0) is 17.7 Å². The largest absolute Gasteiger partial charge is 0.508 e. The fraction of sp³-hybridized carbons (Fsp3) is 0.500. The molecule has 1 aliphatic heterocycles. The van der Waals surface area contributed by atoms with Crippen LogP contribution in [0.1, 0.15) is 5.56 Å². The Kier molecular flexibility index (Phi) is 5.18. The van der Waals surface area contributed by atoms with Crippen LogP contribution >= 0.6 is 0 Å². The average Bonchev–Trinajstić information content (AvgIpc) is 2.43. The van der Waals surface area contributed by atoms with E-state index in [9.17, 15) is 4.79 Å². The van der Waals surface area contributed by atoms with Gasteiger partial charge < -0.3 is 15.7 Å². The summed E-state index contributed by atoms with van der Waals surface area (Å²) in [7, 11) is 0. The van der Waals surface area contributed by atoms with Gasteiger partial charge in [0.25, 0.3) is 0 Å². The monoisotopic (exact) mass is 263 g/mol. The normalized spacial score (nSPS) is 16.2. The summed E-state index contributed by atoms with van der Waals surface area (Å²) in [6, 6.07) is 6.74. The van der Waals surface area contributed by atoms with E-state index in [-0.39, 0.29) is 11.7 Å². The molecule has 0 aliphatic carbocycles. The number of rotatable bonds is 5. The molecule has 5 heteroatoms. The first kappa shape index (κ1) is 13.8. The highest BCUT2D eigenvalue weighted by atomic mass is 16.3. The molecule has 0 atom stereocenters. The maximum absolute atomic E-state index is 11.7. The lowest BCUT2D eigenvalue weighted by atomic mass is 10.1. The van der Waals surface area contributed by atoms with Crippen molar-refractivity contribution in [3.05, 3.63) is 29.8 Å². The van der Waals surface area contributed by atoms with E-state index in [0.717, 1.165) is 38.3 Å². The molecule has 1 amide bonds. The Morgan fingerprint density at radius 2 is 1.95 bits per heavy atom. The molecule has 19 heavy (non-hydrogen) atoms. The molecule has 0 saturated carbocycles. The number of phenols is 1. The van der Waals surface area contributed by atoms with Crippen LogP contribution in [0.2, 0.25) is 0 Å². The highest BCUT2D eigenvalue weighted by Crippen LogP contribution is 2.09. The van der Waals surface area contributed by atoms with Crippen LogP contribution in [0, 0.1) is 0 Å². The van der Waals surface area contributed by atoms with Crippen molar-refractivity contribution in [2.75, 3.05) is 39.3 Å². The molecule has 0 spiro atoms. The molecule has 1 heterocycles. The SMILES string of the molecule is O=C(Cc1ccc(O)cc1)NCCN1CCNCC1. The minimum absolute atomic E-state index is 0.0285. The van der Waals surface area contributed by atoms with Crippen molar-refractivity contribution in [2.45, 2.75) is 6.42 Å². The number of nitrogens with one attached hydrogen (secondary N) is 2. The molecule has 1 fully saturated rings. The van der Waals surface area contributed by atoms with Crippen LogP contribution in [0.4, 0.5) is 0 Å². The molecule has 1 aromatic rings. The molecular weight excluding hydrogens is 242 g/mol. The molecule has 3 N–H and O–H groups in total. The van der Waals surface area contributed by atoms with Gasteiger partial charge in [-0.3, -0.25) is 9.69 Å². The molecule has 1 aromatic carbocycles. The van der Waals surface area contributed by atoms with E-state index in [2.05, 4.69) is 15.5 Å². The number of amides is 1. The summed E-state index contributed by atoms with van der Waals surface area (Å²) in [5.74, 6) is 0.253. The maximum Gasteiger partial charge on any atom is 0.224 e. The van der Waals surface area contributed by atoms with Crippen LogP contribution in [0.25, 0.3) is 0 Å². The fourth-order valence-electron chi connectivity index (χ4n) is 2.15. The smallest absolute Gasteiger partial charge is 0.224 e. The minimum Gasteiger partial charge on any atom is -0.508 e. The molecular formula is C14H21N3O2. The lowest BCUT2D eigenvalue weighted by Crippen LogP contribution is -2.46. The standard InChI is InChI=1S/C14H21N3O2/c18-13-3-1-12(2-4-13)11-14(19)16-7-10-17-8-5-15-6-9-17/h1-4,15,18H,5-11H2,(H,16,19). The Labute approximate surface area is 113 Å². The lowest BCUT2D eigenvalue weighted by molar-refractivity contribution is -0.120. The van der Waals surface area contributed by atoms with Crippen molar-refractivity contribution in [1.82, 2.24) is 15.5 Å². The number of hydrogen-bond donors (Lipinski definition) is 3. The topological polar surface area (TPSA) is 64.6 Å². The second-order valence-corrected chi connectivity index (χ2v) is 4.78. The van der Waals surface area contributed by atoms with Crippen molar-refractivity contribution in [2.24, 2.45) is 0 Å². The van der Waals surface area contributed by atoms with Crippen molar-refractivity contribution in [3.63, 3.8) is 0 Å². The van der Waals surface area contributed by atoms with Crippen molar-refractivity contribution in [1.29, 1.82) is 0 Å².